The van der Waals surface area contributed by atoms with E-state index in [1.54, 1.807) is 0 Å². The molecule has 1 heterocycles. The zero-order valence-corrected chi connectivity index (χ0v) is 13.9. The number of ether oxygens (including phenoxy) is 1. The molecule has 0 bridgehead atoms. The highest BCUT2D eigenvalue weighted by Crippen LogP contribution is 2.23. The molecule has 128 valence electrons. The van der Waals surface area contributed by atoms with Crippen LogP contribution in [0.25, 0.3) is 0 Å². The zero-order chi connectivity index (χ0) is 18.1. The van der Waals surface area contributed by atoms with Crippen molar-refractivity contribution in [2.75, 3.05) is 21.2 Å². The van der Waals surface area contributed by atoms with Crippen molar-refractivity contribution in [2.24, 2.45) is 0 Å². The van der Waals surface area contributed by atoms with Gasteiger partial charge in [-0.1, -0.05) is 12.1 Å². The second kappa shape index (κ2) is 6.40. The fraction of sp³-hybridized carbons (Fsp3) is 0.286. The highest BCUT2D eigenvalue weighted by molar-refractivity contribution is 7.89. The molecule has 0 saturated heterocycles. The maximum Gasteiger partial charge on any atom is 0.500 e. The minimum absolute atomic E-state index is 0.107. The van der Waals surface area contributed by atoms with E-state index in [1.165, 1.54) is 38.4 Å². The van der Waals surface area contributed by atoms with Gasteiger partial charge >= 0.3 is 28.0 Å². The van der Waals surface area contributed by atoms with Crippen molar-refractivity contribution < 1.29 is 36.3 Å². The summed E-state index contributed by atoms with van der Waals surface area (Å²) in [5.74, 6) is -2.01. The number of hydrogen-bond acceptors (Lipinski definition) is 7. The molecule has 0 radical (unpaired) electrons. The summed E-state index contributed by atoms with van der Waals surface area (Å²) in [4.78, 5) is 36.1. The second-order valence-corrected chi connectivity index (χ2v) is 6.58. The number of nitrogens with zero attached hydrogens (tertiary/aromatic N) is 2. The van der Waals surface area contributed by atoms with E-state index in [2.05, 4.69) is 4.74 Å². The molecule has 3 amide bonds. The molecule has 0 aromatic heterocycles. The van der Waals surface area contributed by atoms with Crippen LogP contribution in [0.3, 0.4) is 0 Å². The molecule has 0 spiro atoms. The minimum atomic E-state index is -4.49. The van der Waals surface area contributed by atoms with E-state index in [0.29, 0.717) is 4.90 Å². The smallest absolute Gasteiger partial charge is 0.465 e. The van der Waals surface area contributed by atoms with Gasteiger partial charge in [0.2, 0.25) is 0 Å². The van der Waals surface area contributed by atoms with Gasteiger partial charge in [-0.3, -0.25) is 0 Å². The number of methoxy groups -OCH3 is 1. The Morgan fingerprint density at radius 3 is 2.50 bits per heavy atom. The normalized spacial score (nSPS) is 18.2. The van der Waals surface area contributed by atoms with Gasteiger partial charge in [0.1, 0.15) is 11.8 Å². The molecule has 10 heteroatoms. The van der Waals surface area contributed by atoms with Gasteiger partial charge in [0.25, 0.3) is 5.25 Å². The van der Waals surface area contributed by atoms with E-state index < -0.39 is 33.3 Å². The quantitative estimate of drug-likeness (QED) is 0.420. The molecular formula is C14H15N2O7S+. The van der Waals surface area contributed by atoms with Crippen LogP contribution >= 0.6 is 0 Å². The number of imide groups is 1. The first kappa shape index (κ1) is 17.6. The highest BCUT2D eigenvalue weighted by Gasteiger charge is 2.47. The molecule has 1 atom stereocenters. The van der Waals surface area contributed by atoms with Gasteiger partial charge in [0, 0.05) is 0 Å². The van der Waals surface area contributed by atoms with Gasteiger partial charge < -0.3 is 8.92 Å². The van der Waals surface area contributed by atoms with Crippen LogP contribution in [-0.2, 0) is 19.6 Å². The van der Waals surface area contributed by atoms with E-state index in [0.717, 1.165) is 17.9 Å². The van der Waals surface area contributed by atoms with Crippen molar-refractivity contribution in [3.63, 3.8) is 0 Å². The maximum atomic E-state index is 12.4. The first-order valence-electron chi connectivity index (χ1n) is 6.69. The number of esters is 1. The molecule has 0 aliphatic carbocycles. The van der Waals surface area contributed by atoms with E-state index in [1.807, 2.05) is 0 Å². The van der Waals surface area contributed by atoms with Crippen molar-refractivity contribution in [1.29, 1.82) is 0 Å². The maximum absolute atomic E-state index is 12.4. The zero-order valence-electron chi connectivity index (χ0n) is 13.1. The lowest BCUT2D eigenvalue weighted by Crippen LogP contribution is -2.54. The van der Waals surface area contributed by atoms with Gasteiger partial charge in [-0.05, 0) is 12.1 Å². The lowest BCUT2D eigenvalue weighted by atomic mass is 10.2. The van der Waals surface area contributed by atoms with Crippen molar-refractivity contribution >= 4 is 34.2 Å². The van der Waals surface area contributed by atoms with Crippen LogP contribution in [0.2, 0.25) is 0 Å². The molecule has 1 aliphatic rings. The number of urea groups is 1. The Hall–Kier alpha value is -2.75. The van der Waals surface area contributed by atoms with Crippen LogP contribution in [0.5, 0.6) is 5.75 Å². The Labute approximate surface area is 138 Å². The Morgan fingerprint density at radius 1 is 1.25 bits per heavy atom. The number of benzene rings is 1. The van der Waals surface area contributed by atoms with Crippen LogP contribution in [0.1, 0.15) is 10.4 Å². The number of amides is 3. The lowest BCUT2D eigenvalue weighted by Gasteiger charge is -2.19. The van der Waals surface area contributed by atoms with E-state index in [9.17, 15) is 22.8 Å². The summed E-state index contributed by atoms with van der Waals surface area (Å²) in [6, 6.07) is 4.89. The molecule has 1 aromatic carbocycles. The summed E-state index contributed by atoms with van der Waals surface area (Å²) in [6.07, 6.45) is 0.945. The number of para-hydroxylation sites is 1. The third kappa shape index (κ3) is 3.13. The monoisotopic (exact) mass is 355 g/mol. The molecule has 24 heavy (non-hydrogen) atoms. The van der Waals surface area contributed by atoms with Crippen molar-refractivity contribution in [3.05, 3.63) is 29.8 Å². The number of hydrogen-bond donors (Lipinski definition) is 0. The molecule has 2 rings (SSSR count). The van der Waals surface area contributed by atoms with E-state index >= 15 is 0 Å². The number of carbonyl (C=O) groups is 3. The molecule has 1 aliphatic heterocycles. The molecular weight excluding hydrogens is 340 g/mol. The minimum Gasteiger partial charge on any atom is -0.465 e. The van der Waals surface area contributed by atoms with Crippen LogP contribution in [-0.4, -0.2) is 68.5 Å². The Bertz CT molecular complexity index is 844. The number of rotatable bonds is 4. The second-order valence-electron chi connectivity index (χ2n) is 4.92. The Balaban J connectivity index is 2.42. The van der Waals surface area contributed by atoms with E-state index in [-0.39, 0.29) is 11.3 Å². The molecule has 0 N–H and O–H groups in total. The van der Waals surface area contributed by atoms with Gasteiger partial charge in [-0.2, -0.15) is 18.1 Å². The van der Waals surface area contributed by atoms with Crippen LogP contribution in [0.4, 0.5) is 4.79 Å². The lowest BCUT2D eigenvalue weighted by molar-refractivity contribution is -0.399. The molecule has 0 saturated carbocycles. The first-order valence-corrected chi connectivity index (χ1v) is 8.16. The molecule has 1 unspecified atom stereocenters. The summed E-state index contributed by atoms with van der Waals surface area (Å²) in [6.45, 7) is 0. The van der Waals surface area contributed by atoms with Crippen LogP contribution in [0.15, 0.2) is 24.3 Å². The van der Waals surface area contributed by atoms with Crippen molar-refractivity contribution in [3.8, 4) is 5.75 Å². The fourth-order valence-corrected chi connectivity index (χ4v) is 3.28. The summed E-state index contributed by atoms with van der Waals surface area (Å²) >= 11 is 0. The predicted molar refractivity (Wildman–Crippen MR) is 81.5 cm³/mol. The molecule has 9 nitrogen and oxygen atoms in total. The standard InChI is InChI=1S/C14H15N2O7S/c1-15-8-11(12(17)16(2)14(15)19)24(20,21)23-10-7-5-4-6-9(10)13(18)22-3/h4-8,11H,1-3H3/q+1. The third-order valence-corrected chi connectivity index (χ3v) is 4.69. The topological polar surface area (TPSA) is 110 Å². The molecule has 1 aromatic rings. The average molecular weight is 355 g/mol. The van der Waals surface area contributed by atoms with E-state index in [4.69, 9.17) is 4.18 Å². The first-order chi connectivity index (χ1) is 11.2. The Kier molecular flexibility index (Phi) is 4.69. The van der Waals surface area contributed by atoms with Gasteiger partial charge in [0.15, 0.2) is 5.75 Å². The van der Waals surface area contributed by atoms with Crippen LogP contribution in [0, 0.1) is 0 Å². The number of carbonyl (C=O) groups excluding carboxylic acids is 3. The van der Waals surface area contributed by atoms with Gasteiger partial charge in [-0.15, -0.1) is 0 Å². The average Bonchev–Trinajstić information content (AvgIpc) is 2.55. The van der Waals surface area contributed by atoms with Gasteiger partial charge in [-0.25, -0.2) is 14.2 Å². The molecule has 0 fully saturated rings. The summed E-state index contributed by atoms with van der Waals surface area (Å²) < 4.78 is 35.4. The highest BCUT2D eigenvalue weighted by atomic mass is 32.2. The predicted octanol–water partition coefficient (Wildman–Crippen LogP) is -0.145. The fourth-order valence-electron chi connectivity index (χ4n) is 2.05. The summed E-state index contributed by atoms with van der Waals surface area (Å²) in [5, 5.41) is -1.71. The Morgan fingerprint density at radius 2 is 1.88 bits per heavy atom. The summed E-state index contributed by atoms with van der Waals surface area (Å²) in [5.41, 5.74) is -0.107. The third-order valence-electron chi connectivity index (χ3n) is 3.33. The largest absolute Gasteiger partial charge is 0.500 e. The van der Waals surface area contributed by atoms with Crippen LogP contribution < -0.4 is 4.18 Å². The summed E-state index contributed by atoms with van der Waals surface area (Å²) in [7, 11) is -0.866. The van der Waals surface area contributed by atoms with Crippen molar-refractivity contribution in [2.45, 2.75) is 5.25 Å². The van der Waals surface area contributed by atoms with Crippen molar-refractivity contribution in [1.82, 2.24) is 4.90 Å². The van der Waals surface area contributed by atoms with Gasteiger partial charge in [0.05, 0.1) is 21.2 Å². The SMILES string of the molecule is COC(=O)c1ccccc1OS(=O)(=O)C1C=[N+](C)C(=O)N(C)C1=O.